The van der Waals surface area contributed by atoms with Crippen molar-refractivity contribution in [3.63, 3.8) is 0 Å². The molecule has 0 radical (unpaired) electrons. The van der Waals surface area contributed by atoms with E-state index in [9.17, 15) is 18.1 Å². The fourth-order valence-corrected chi connectivity index (χ4v) is 4.11. The minimum Gasteiger partial charge on any atom is -0.393 e. The van der Waals surface area contributed by atoms with Gasteiger partial charge in [0.15, 0.2) is 0 Å². The van der Waals surface area contributed by atoms with Gasteiger partial charge in [0.05, 0.1) is 11.4 Å². The molecule has 0 aromatic carbocycles. The van der Waals surface area contributed by atoms with Gasteiger partial charge < -0.3 is 5.11 Å². The topological polar surface area (TPSA) is 74.6 Å². The molecule has 0 fully saturated rings. The van der Waals surface area contributed by atoms with E-state index >= 15 is 0 Å². The molecule has 0 bridgehead atoms. The molecule has 0 aliphatic heterocycles. The standard InChI is InChI=1S/C19H40O4S/c1-3-5-11-16-19(24(21,22)23)17-13-10-8-6-7-9-12-15-18(20)14-4-2/h18-20H,3-17H2,1-2H3,(H,21,22,23). The molecule has 24 heavy (non-hydrogen) atoms. The zero-order chi connectivity index (χ0) is 18.3. The van der Waals surface area contributed by atoms with E-state index in [-0.39, 0.29) is 6.10 Å². The van der Waals surface area contributed by atoms with Crippen molar-refractivity contribution in [2.45, 2.75) is 122 Å². The van der Waals surface area contributed by atoms with Gasteiger partial charge in [0.1, 0.15) is 0 Å². The third-order valence-electron chi connectivity index (χ3n) is 4.74. The normalized spacial score (nSPS) is 14.7. The van der Waals surface area contributed by atoms with E-state index < -0.39 is 15.4 Å². The van der Waals surface area contributed by atoms with Crippen LogP contribution in [0, 0.1) is 0 Å². The van der Waals surface area contributed by atoms with Crippen LogP contribution in [0.3, 0.4) is 0 Å². The van der Waals surface area contributed by atoms with Crippen LogP contribution in [0.5, 0.6) is 0 Å². The first-order valence-corrected chi connectivity index (χ1v) is 11.6. The molecule has 0 heterocycles. The molecule has 0 spiro atoms. The summed E-state index contributed by atoms with van der Waals surface area (Å²) >= 11 is 0. The van der Waals surface area contributed by atoms with Crippen LogP contribution in [-0.2, 0) is 10.1 Å². The maximum atomic E-state index is 11.4. The average Bonchev–Trinajstić information content (AvgIpc) is 2.50. The number of unbranched alkanes of at least 4 members (excludes halogenated alkanes) is 8. The van der Waals surface area contributed by atoms with E-state index in [1.807, 2.05) is 0 Å². The SMILES string of the molecule is CCCCCC(CCCCCCCCCC(O)CCC)S(=O)(=O)O. The van der Waals surface area contributed by atoms with Gasteiger partial charge in [-0.25, -0.2) is 0 Å². The third kappa shape index (κ3) is 14.2. The van der Waals surface area contributed by atoms with Gasteiger partial charge in [-0.3, -0.25) is 4.55 Å². The summed E-state index contributed by atoms with van der Waals surface area (Å²) in [6.45, 7) is 4.19. The van der Waals surface area contributed by atoms with Crippen molar-refractivity contribution < 1.29 is 18.1 Å². The Labute approximate surface area is 150 Å². The van der Waals surface area contributed by atoms with Crippen molar-refractivity contribution in [1.82, 2.24) is 0 Å². The molecule has 0 aromatic rings. The highest BCUT2D eigenvalue weighted by Crippen LogP contribution is 2.18. The van der Waals surface area contributed by atoms with Gasteiger partial charge in [0.2, 0.25) is 0 Å². The Balaban J connectivity index is 3.61. The Bertz CT molecular complexity index is 368. The van der Waals surface area contributed by atoms with Gasteiger partial charge in [-0.1, -0.05) is 84.5 Å². The molecular formula is C19H40O4S. The zero-order valence-corrected chi connectivity index (χ0v) is 16.7. The first kappa shape index (κ1) is 23.9. The largest absolute Gasteiger partial charge is 0.393 e. The van der Waals surface area contributed by atoms with E-state index in [1.165, 1.54) is 19.3 Å². The fraction of sp³-hybridized carbons (Fsp3) is 1.00. The second kappa shape index (κ2) is 15.2. The van der Waals surface area contributed by atoms with Gasteiger partial charge in [-0.05, 0) is 25.7 Å². The summed E-state index contributed by atoms with van der Waals surface area (Å²) in [6, 6.07) is 0. The summed E-state index contributed by atoms with van der Waals surface area (Å²) in [5, 5.41) is 9.08. The lowest BCUT2D eigenvalue weighted by Crippen LogP contribution is -2.20. The summed E-state index contributed by atoms with van der Waals surface area (Å²) in [4.78, 5) is 0. The molecule has 0 aromatic heterocycles. The van der Waals surface area contributed by atoms with E-state index in [2.05, 4.69) is 13.8 Å². The lowest BCUT2D eigenvalue weighted by molar-refractivity contribution is 0.150. The van der Waals surface area contributed by atoms with Crippen LogP contribution in [0.25, 0.3) is 0 Å². The van der Waals surface area contributed by atoms with Crippen molar-refractivity contribution in [1.29, 1.82) is 0 Å². The van der Waals surface area contributed by atoms with Crippen LogP contribution in [0.15, 0.2) is 0 Å². The van der Waals surface area contributed by atoms with E-state index in [1.54, 1.807) is 0 Å². The van der Waals surface area contributed by atoms with Crippen molar-refractivity contribution in [2.75, 3.05) is 0 Å². The lowest BCUT2D eigenvalue weighted by atomic mass is 10.0. The van der Waals surface area contributed by atoms with Gasteiger partial charge in [-0.15, -0.1) is 0 Å². The maximum Gasteiger partial charge on any atom is 0.267 e. The van der Waals surface area contributed by atoms with Crippen LogP contribution in [-0.4, -0.2) is 29.4 Å². The monoisotopic (exact) mass is 364 g/mol. The van der Waals surface area contributed by atoms with Crippen LogP contribution < -0.4 is 0 Å². The molecule has 2 unspecified atom stereocenters. The minimum absolute atomic E-state index is 0.125. The van der Waals surface area contributed by atoms with Crippen LogP contribution in [0.4, 0.5) is 0 Å². The first-order chi connectivity index (χ1) is 11.4. The second-order valence-corrected chi connectivity index (χ2v) is 8.82. The Morgan fingerprint density at radius 1 is 0.667 bits per heavy atom. The molecule has 0 aliphatic rings. The van der Waals surface area contributed by atoms with Crippen molar-refractivity contribution in [3.05, 3.63) is 0 Å². The van der Waals surface area contributed by atoms with Crippen molar-refractivity contribution in [2.24, 2.45) is 0 Å². The number of rotatable bonds is 17. The van der Waals surface area contributed by atoms with E-state index in [4.69, 9.17) is 0 Å². The zero-order valence-electron chi connectivity index (χ0n) is 15.9. The quantitative estimate of drug-likeness (QED) is 0.264. The molecule has 146 valence electrons. The number of aliphatic hydroxyl groups is 1. The Morgan fingerprint density at radius 2 is 1.12 bits per heavy atom. The second-order valence-electron chi connectivity index (χ2n) is 7.13. The van der Waals surface area contributed by atoms with Crippen LogP contribution >= 0.6 is 0 Å². The van der Waals surface area contributed by atoms with Crippen molar-refractivity contribution >= 4 is 10.1 Å². The van der Waals surface area contributed by atoms with Gasteiger partial charge in [-0.2, -0.15) is 8.42 Å². The minimum atomic E-state index is -3.89. The lowest BCUT2D eigenvalue weighted by Gasteiger charge is -2.13. The Morgan fingerprint density at radius 3 is 1.58 bits per heavy atom. The fourth-order valence-electron chi connectivity index (χ4n) is 3.18. The first-order valence-electron chi connectivity index (χ1n) is 10.1. The predicted octanol–water partition coefficient (Wildman–Crippen LogP) is 5.50. The summed E-state index contributed by atoms with van der Waals surface area (Å²) in [7, 11) is -3.89. The molecular weight excluding hydrogens is 324 g/mol. The highest BCUT2D eigenvalue weighted by atomic mass is 32.2. The smallest absolute Gasteiger partial charge is 0.267 e. The van der Waals surface area contributed by atoms with Crippen LogP contribution in [0.2, 0.25) is 0 Å². The Hall–Kier alpha value is -0.130. The number of hydrogen-bond acceptors (Lipinski definition) is 3. The van der Waals surface area contributed by atoms with E-state index in [0.29, 0.717) is 12.8 Å². The molecule has 0 saturated heterocycles. The summed E-state index contributed by atoms with van der Waals surface area (Å²) < 4.78 is 32.1. The maximum absolute atomic E-state index is 11.4. The molecule has 0 aliphatic carbocycles. The highest BCUT2D eigenvalue weighted by Gasteiger charge is 2.21. The van der Waals surface area contributed by atoms with Crippen molar-refractivity contribution in [3.8, 4) is 0 Å². The molecule has 2 atom stereocenters. The summed E-state index contributed by atoms with van der Waals surface area (Å²) in [5.74, 6) is 0. The highest BCUT2D eigenvalue weighted by molar-refractivity contribution is 7.86. The van der Waals surface area contributed by atoms with E-state index in [0.717, 1.165) is 64.2 Å². The summed E-state index contributed by atoms with van der Waals surface area (Å²) in [6.07, 6.45) is 14.6. The average molecular weight is 365 g/mol. The number of hydrogen-bond donors (Lipinski definition) is 2. The van der Waals surface area contributed by atoms with Gasteiger partial charge in [0.25, 0.3) is 10.1 Å². The predicted molar refractivity (Wildman–Crippen MR) is 102 cm³/mol. The molecule has 0 rings (SSSR count). The molecule has 5 heteroatoms. The molecule has 2 N–H and O–H groups in total. The number of aliphatic hydroxyl groups excluding tert-OH is 1. The van der Waals surface area contributed by atoms with Gasteiger partial charge in [0, 0.05) is 0 Å². The molecule has 0 amide bonds. The van der Waals surface area contributed by atoms with Gasteiger partial charge >= 0.3 is 0 Å². The molecule has 4 nitrogen and oxygen atoms in total. The molecule has 0 saturated carbocycles. The third-order valence-corrected chi connectivity index (χ3v) is 6.05. The summed E-state index contributed by atoms with van der Waals surface area (Å²) in [5.41, 5.74) is 0. The Kier molecular flexibility index (Phi) is 15.1. The van der Waals surface area contributed by atoms with Crippen LogP contribution in [0.1, 0.15) is 110 Å².